The summed E-state index contributed by atoms with van der Waals surface area (Å²) in [6.45, 7) is 8.14. The van der Waals surface area contributed by atoms with Crippen molar-refractivity contribution in [3.8, 4) is 0 Å². The van der Waals surface area contributed by atoms with E-state index in [0.29, 0.717) is 5.92 Å². The van der Waals surface area contributed by atoms with Crippen LogP contribution in [-0.2, 0) is 9.53 Å². The smallest absolute Gasteiger partial charge is 0.323 e. The molecule has 0 aromatic carbocycles. The van der Waals surface area contributed by atoms with Gasteiger partial charge in [-0.05, 0) is 19.3 Å². The second-order valence-electron chi connectivity index (χ2n) is 4.84. The summed E-state index contributed by atoms with van der Waals surface area (Å²) in [7, 11) is 0. The van der Waals surface area contributed by atoms with Crippen LogP contribution in [0.15, 0.2) is 0 Å². The number of esters is 1. The molecule has 0 aliphatic rings. The van der Waals surface area contributed by atoms with Gasteiger partial charge in [0.25, 0.3) is 0 Å². The van der Waals surface area contributed by atoms with Crippen molar-refractivity contribution in [2.24, 2.45) is 11.7 Å². The molecule has 3 heteroatoms. The summed E-state index contributed by atoms with van der Waals surface area (Å²) in [5.41, 5.74) is 5.77. The normalized spacial score (nSPS) is 14.9. The average molecular weight is 229 g/mol. The van der Waals surface area contributed by atoms with Crippen LogP contribution in [-0.4, -0.2) is 18.1 Å². The van der Waals surface area contributed by atoms with E-state index in [9.17, 15) is 4.79 Å². The Morgan fingerprint density at radius 3 is 2.31 bits per heavy atom. The first-order valence-electron chi connectivity index (χ1n) is 6.45. The lowest BCUT2D eigenvalue weighted by Crippen LogP contribution is -2.35. The van der Waals surface area contributed by atoms with E-state index in [1.807, 2.05) is 20.8 Å². The van der Waals surface area contributed by atoms with Crippen molar-refractivity contribution in [1.82, 2.24) is 0 Å². The maximum Gasteiger partial charge on any atom is 0.323 e. The van der Waals surface area contributed by atoms with Crippen LogP contribution in [0.25, 0.3) is 0 Å². The molecule has 0 amide bonds. The third-order valence-corrected chi connectivity index (χ3v) is 2.91. The number of hydrogen-bond donors (Lipinski definition) is 1. The Morgan fingerprint density at radius 1 is 1.19 bits per heavy atom. The van der Waals surface area contributed by atoms with E-state index in [1.54, 1.807) is 0 Å². The van der Waals surface area contributed by atoms with Crippen molar-refractivity contribution in [2.75, 3.05) is 0 Å². The molecule has 3 nitrogen and oxygen atoms in total. The van der Waals surface area contributed by atoms with E-state index >= 15 is 0 Å². The summed E-state index contributed by atoms with van der Waals surface area (Å²) in [6, 6.07) is -0.446. The van der Waals surface area contributed by atoms with Crippen LogP contribution in [0.5, 0.6) is 0 Å². The standard InChI is InChI=1S/C13H27NO2/c1-5-6-7-8-9-12(14)13(15)16-11(4)10(2)3/h10-12H,5-9,14H2,1-4H3/t11-,12+/m1/s1. The largest absolute Gasteiger partial charge is 0.461 e. The number of carbonyl (C=O) groups excluding carboxylic acids is 1. The van der Waals surface area contributed by atoms with Crippen LogP contribution >= 0.6 is 0 Å². The van der Waals surface area contributed by atoms with E-state index in [4.69, 9.17) is 10.5 Å². The number of rotatable bonds is 8. The maximum atomic E-state index is 11.6. The topological polar surface area (TPSA) is 52.3 Å². The van der Waals surface area contributed by atoms with Gasteiger partial charge in [-0.25, -0.2) is 0 Å². The number of hydrogen-bond acceptors (Lipinski definition) is 3. The molecule has 0 rings (SSSR count). The number of carbonyl (C=O) groups is 1. The molecule has 0 bridgehead atoms. The Balaban J connectivity index is 3.73. The van der Waals surface area contributed by atoms with Crippen molar-refractivity contribution in [3.05, 3.63) is 0 Å². The van der Waals surface area contributed by atoms with Gasteiger partial charge in [0, 0.05) is 0 Å². The van der Waals surface area contributed by atoms with Crippen molar-refractivity contribution in [3.63, 3.8) is 0 Å². The number of ether oxygens (including phenoxy) is 1. The van der Waals surface area contributed by atoms with Crippen molar-refractivity contribution in [2.45, 2.75) is 71.9 Å². The monoisotopic (exact) mass is 229 g/mol. The number of unbranched alkanes of at least 4 members (excludes halogenated alkanes) is 3. The molecule has 0 saturated carbocycles. The zero-order chi connectivity index (χ0) is 12.6. The molecule has 0 unspecified atom stereocenters. The fraction of sp³-hybridized carbons (Fsp3) is 0.923. The van der Waals surface area contributed by atoms with Gasteiger partial charge in [0.1, 0.15) is 12.1 Å². The van der Waals surface area contributed by atoms with E-state index in [2.05, 4.69) is 6.92 Å². The van der Waals surface area contributed by atoms with Crippen LogP contribution in [0.1, 0.15) is 59.8 Å². The first kappa shape index (κ1) is 15.4. The first-order valence-corrected chi connectivity index (χ1v) is 6.45. The highest BCUT2D eigenvalue weighted by Gasteiger charge is 2.18. The Hall–Kier alpha value is -0.570. The molecule has 0 radical (unpaired) electrons. The highest BCUT2D eigenvalue weighted by molar-refractivity contribution is 5.75. The van der Waals surface area contributed by atoms with Crippen LogP contribution in [0.3, 0.4) is 0 Å². The molecule has 0 aromatic rings. The van der Waals surface area contributed by atoms with Gasteiger partial charge in [0.05, 0.1) is 0 Å². The Bertz CT molecular complexity index is 192. The molecule has 0 aliphatic carbocycles. The quantitative estimate of drug-likeness (QED) is 0.514. The molecule has 16 heavy (non-hydrogen) atoms. The maximum absolute atomic E-state index is 11.6. The van der Waals surface area contributed by atoms with Crippen LogP contribution < -0.4 is 5.73 Å². The summed E-state index contributed by atoms with van der Waals surface area (Å²) < 4.78 is 5.27. The van der Waals surface area contributed by atoms with Gasteiger partial charge < -0.3 is 10.5 Å². The summed E-state index contributed by atoms with van der Waals surface area (Å²) in [5.74, 6) is 0.0916. The van der Waals surface area contributed by atoms with Gasteiger partial charge >= 0.3 is 5.97 Å². The molecule has 0 aliphatic heterocycles. The zero-order valence-electron chi connectivity index (χ0n) is 11.2. The second kappa shape index (κ2) is 8.57. The van der Waals surface area contributed by atoms with Gasteiger partial charge in [0.2, 0.25) is 0 Å². The summed E-state index contributed by atoms with van der Waals surface area (Å²) >= 11 is 0. The summed E-state index contributed by atoms with van der Waals surface area (Å²) in [6.07, 6.45) is 5.27. The van der Waals surface area contributed by atoms with Gasteiger partial charge in [-0.3, -0.25) is 4.79 Å². The molecule has 96 valence electrons. The molecule has 0 fully saturated rings. The third-order valence-electron chi connectivity index (χ3n) is 2.91. The van der Waals surface area contributed by atoms with Crippen molar-refractivity contribution in [1.29, 1.82) is 0 Å². The van der Waals surface area contributed by atoms with Gasteiger partial charge in [0.15, 0.2) is 0 Å². The third kappa shape index (κ3) is 6.83. The van der Waals surface area contributed by atoms with Crippen LogP contribution in [0.4, 0.5) is 0 Å². The van der Waals surface area contributed by atoms with Gasteiger partial charge in [-0.15, -0.1) is 0 Å². The van der Waals surface area contributed by atoms with E-state index < -0.39 is 6.04 Å². The molecular weight excluding hydrogens is 202 g/mol. The highest BCUT2D eigenvalue weighted by Crippen LogP contribution is 2.09. The van der Waals surface area contributed by atoms with Crippen molar-refractivity contribution < 1.29 is 9.53 Å². The highest BCUT2D eigenvalue weighted by atomic mass is 16.5. The lowest BCUT2D eigenvalue weighted by molar-refractivity contribution is -0.152. The second-order valence-corrected chi connectivity index (χ2v) is 4.84. The Morgan fingerprint density at radius 2 is 1.81 bits per heavy atom. The predicted molar refractivity (Wildman–Crippen MR) is 67.1 cm³/mol. The molecule has 0 saturated heterocycles. The molecule has 0 aromatic heterocycles. The van der Waals surface area contributed by atoms with E-state index in [1.165, 1.54) is 12.8 Å². The Labute approximate surface area is 99.7 Å². The SMILES string of the molecule is CCCCCC[C@H](N)C(=O)O[C@H](C)C(C)C. The minimum Gasteiger partial charge on any atom is -0.461 e. The molecule has 0 spiro atoms. The molecule has 0 heterocycles. The summed E-state index contributed by atoms with van der Waals surface area (Å²) in [5, 5.41) is 0. The lowest BCUT2D eigenvalue weighted by Gasteiger charge is -2.19. The predicted octanol–water partition coefficient (Wildman–Crippen LogP) is 2.87. The minimum atomic E-state index is -0.446. The zero-order valence-corrected chi connectivity index (χ0v) is 11.2. The average Bonchev–Trinajstić information content (AvgIpc) is 2.23. The van der Waals surface area contributed by atoms with E-state index in [-0.39, 0.29) is 12.1 Å². The first-order chi connectivity index (χ1) is 7.49. The van der Waals surface area contributed by atoms with Crippen LogP contribution in [0.2, 0.25) is 0 Å². The molecular formula is C13H27NO2. The minimum absolute atomic E-state index is 0.0470. The fourth-order valence-electron chi connectivity index (χ4n) is 1.32. The Kier molecular flexibility index (Phi) is 8.26. The number of nitrogens with two attached hydrogens (primary N) is 1. The van der Waals surface area contributed by atoms with Crippen LogP contribution in [0, 0.1) is 5.92 Å². The lowest BCUT2D eigenvalue weighted by atomic mass is 10.1. The molecule has 2 atom stereocenters. The van der Waals surface area contributed by atoms with E-state index in [0.717, 1.165) is 19.3 Å². The molecule has 2 N–H and O–H groups in total. The van der Waals surface area contributed by atoms with Crippen molar-refractivity contribution >= 4 is 5.97 Å². The summed E-state index contributed by atoms with van der Waals surface area (Å²) in [4.78, 5) is 11.6. The van der Waals surface area contributed by atoms with Gasteiger partial charge in [-0.2, -0.15) is 0 Å². The fourth-order valence-corrected chi connectivity index (χ4v) is 1.32. The van der Waals surface area contributed by atoms with Gasteiger partial charge in [-0.1, -0.05) is 46.5 Å².